The number of hydrogen-bond acceptors (Lipinski definition) is 5. The molecule has 1 unspecified atom stereocenters. The summed E-state index contributed by atoms with van der Waals surface area (Å²) in [6.45, 7) is 7.27. The minimum atomic E-state index is -0.238. The Bertz CT molecular complexity index is 691. The lowest BCUT2D eigenvalue weighted by atomic mass is 10.1. The summed E-state index contributed by atoms with van der Waals surface area (Å²) >= 11 is 6.29. The highest BCUT2D eigenvalue weighted by molar-refractivity contribution is 6.32. The van der Waals surface area contributed by atoms with Crippen molar-refractivity contribution in [2.75, 3.05) is 13.2 Å². The van der Waals surface area contributed by atoms with Gasteiger partial charge in [0.05, 0.1) is 24.8 Å². The van der Waals surface area contributed by atoms with E-state index in [4.69, 9.17) is 21.1 Å². The fourth-order valence-corrected chi connectivity index (χ4v) is 2.53. The van der Waals surface area contributed by atoms with Gasteiger partial charge in [-0.25, -0.2) is 4.98 Å². The van der Waals surface area contributed by atoms with Gasteiger partial charge in [-0.05, 0) is 32.4 Å². The molecule has 2 aromatic rings. The number of amides is 1. The molecule has 1 amide bonds. The van der Waals surface area contributed by atoms with Crippen molar-refractivity contribution in [1.29, 1.82) is 0 Å². The average Bonchev–Trinajstić information content (AvgIpc) is 3.06. The highest BCUT2D eigenvalue weighted by Crippen LogP contribution is 2.36. The van der Waals surface area contributed by atoms with Gasteiger partial charge in [-0.2, -0.15) is 5.10 Å². The molecule has 0 aliphatic rings. The summed E-state index contributed by atoms with van der Waals surface area (Å²) in [4.78, 5) is 16.4. The molecule has 0 aliphatic heterocycles. The molecule has 1 heterocycles. The summed E-state index contributed by atoms with van der Waals surface area (Å²) in [7, 11) is 0. The number of aromatic nitrogens is 3. The van der Waals surface area contributed by atoms with Crippen molar-refractivity contribution in [2.24, 2.45) is 0 Å². The van der Waals surface area contributed by atoms with Crippen molar-refractivity contribution in [3.8, 4) is 11.5 Å². The van der Waals surface area contributed by atoms with E-state index in [1.165, 1.54) is 6.33 Å². The van der Waals surface area contributed by atoms with Crippen LogP contribution in [0.25, 0.3) is 0 Å². The Morgan fingerprint density at radius 2 is 2.16 bits per heavy atom. The standard InChI is InChI=1S/C17H23ClN4O3/c1-4-6-25-16-14(18)7-13(8-15(16)24-5-2)17(23)21-12(3)9-22-11-19-10-20-22/h7-8,10-12H,4-6,9H2,1-3H3,(H,21,23). The van der Waals surface area contributed by atoms with Crippen molar-refractivity contribution >= 4 is 17.5 Å². The second kappa shape index (κ2) is 9.27. The van der Waals surface area contributed by atoms with Gasteiger partial charge in [0.15, 0.2) is 11.5 Å². The van der Waals surface area contributed by atoms with Crippen LogP contribution >= 0.6 is 11.6 Å². The van der Waals surface area contributed by atoms with Gasteiger partial charge >= 0.3 is 0 Å². The lowest BCUT2D eigenvalue weighted by molar-refractivity contribution is 0.0935. The molecule has 8 heteroatoms. The van der Waals surface area contributed by atoms with Gasteiger partial charge in [-0.15, -0.1) is 0 Å². The zero-order chi connectivity index (χ0) is 18.2. The molecule has 136 valence electrons. The number of nitrogens with zero attached hydrogens (tertiary/aromatic N) is 3. The van der Waals surface area contributed by atoms with Crippen molar-refractivity contribution in [3.05, 3.63) is 35.4 Å². The zero-order valence-corrected chi connectivity index (χ0v) is 15.4. The topological polar surface area (TPSA) is 78.3 Å². The first kappa shape index (κ1) is 19.1. The van der Waals surface area contributed by atoms with E-state index in [9.17, 15) is 4.79 Å². The lowest BCUT2D eigenvalue weighted by Crippen LogP contribution is -2.35. The van der Waals surface area contributed by atoms with Gasteiger partial charge in [0.25, 0.3) is 5.91 Å². The molecule has 1 atom stereocenters. The summed E-state index contributed by atoms with van der Waals surface area (Å²) in [5, 5.41) is 7.29. The first-order valence-electron chi connectivity index (χ1n) is 8.27. The van der Waals surface area contributed by atoms with Crippen LogP contribution in [0.5, 0.6) is 11.5 Å². The number of halogens is 1. The molecule has 7 nitrogen and oxygen atoms in total. The molecular weight excluding hydrogens is 344 g/mol. The van der Waals surface area contributed by atoms with Crippen molar-refractivity contribution < 1.29 is 14.3 Å². The van der Waals surface area contributed by atoms with E-state index >= 15 is 0 Å². The van der Waals surface area contributed by atoms with Gasteiger partial charge in [0.2, 0.25) is 0 Å². The van der Waals surface area contributed by atoms with E-state index in [0.717, 1.165) is 6.42 Å². The molecule has 0 spiro atoms. The number of carbonyl (C=O) groups is 1. The van der Waals surface area contributed by atoms with Crippen molar-refractivity contribution in [1.82, 2.24) is 20.1 Å². The molecule has 25 heavy (non-hydrogen) atoms. The van der Waals surface area contributed by atoms with Crippen LogP contribution in [0.3, 0.4) is 0 Å². The number of nitrogens with one attached hydrogen (secondary N) is 1. The van der Waals surface area contributed by atoms with E-state index in [1.807, 2.05) is 20.8 Å². The Morgan fingerprint density at radius 1 is 1.36 bits per heavy atom. The first-order valence-corrected chi connectivity index (χ1v) is 8.65. The van der Waals surface area contributed by atoms with Crippen LogP contribution in [0, 0.1) is 0 Å². The second-order valence-corrected chi connectivity index (χ2v) is 5.97. The molecule has 0 fully saturated rings. The number of ether oxygens (including phenoxy) is 2. The quantitative estimate of drug-likeness (QED) is 0.738. The monoisotopic (exact) mass is 366 g/mol. The summed E-state index contributed by atoms with van der Waals surface area (Å²) < 4.78 is 12.9. The Labute approximate surface area is 152 Å². The summed E-state index contributed by atoms with van der Waals surface area (Å²) in [6, 6.07) is 3.12. The Balaban J connectivity index is 2.12. The summed E-state index contributed by atoms with van der Waals surface area (Å²) in [5.41, 5.74) is 0.419. The molecule has 0 saturated carbocycles. The largest absolute Gasteiger partial charge is 0.490 e. The van der Waals surface area contributed by atoms with Gasteiger partial charge < -0.3 is 14.8 Å². The van der Waals surface area contributed by atoms with Crippen LogP contribution in [0.4, 0.5) is 0 Å². The number of carbonyl (C=O) groups excluding carboxylic acids is 1. The van der Waals surface area contributed by atoms with E-state index in [0.29, 0.717) is 41.8 Å². The van der Waals surface area contributed by atoms with Crippen LogP contribution in [0.15, 0.2) is 24.8 Å². The van der Waals surface area contributed by atoms with Gasteiger partial charge in [-0.1, -0.05) is 18.5 Å². The molecule has 1 aromatic heterocycles. The molecule has 0 aliphatic carbocycles. The highest BCUT2D eigenvalue weighted by Gasteiger charge is 2.17. The van der Waals surface area contributed by atoms with Crippen LogP contribution in [0.2, 0.25) is 5.02 Å². The summed E-state index contributed by atoms with van der Waals surface area (Å²) in [6.07, 6.45) is 3.91. The predicted molar refractivity (Wildman–Crippen MR) is 95.4 cm³/mol. The van der Waals surface area contributed by atoms with Crippen LogP contribution in [-0.4, -0.2) is 39.9 Å². The maximum absolute atomic E-state index is 12.5. The maximum Gasteiger partial charge on any atom is 0.251 e. The third kappa shape index (κ3) is 5.35. The fourth-order valence-electron chi connectivity index (χ4n) is 2.27. The molecule has 0 saturated heterocycles. The molecule has 0 radical (unpaired) electrons. The zero-order valence-electron chi connectivity index (χ0n) is 14.7. The highest BCUT2D eigenvalue weighted by atomic mass is 35.5. The van der Waals surface area contributed by atoms with Crippen LogP contribution in [-0.2, 0) is 6.54 Å². The van der Waals surface area contributed by atoms with Crippen molar-refractivity contribution in [3.63, 3.8) is 0 Å². The van der Waals surface area contributed by atoms with Gasteiger partial charge in [0, 0.05) is 11.6 Å². The normalized spacial score (nSPS) is 11.8. The average molecular weight is 367 g/mol. The Morgan fingerprint density at radius 3 is 2.80 bits per heavy atom. The third-order valence-electron chi connectivity index (χ3n) is 3.33. The number of hydrogen-bond donors (Lipinski definition) is 1. The van der Waals surface area contributed by atoms with E-state index in [2.05, 4.69) is 15.4 Å². The molecule has 2 rings (SSSR count). The molecule has 0 bridgehead atoms. The minimum Gasteiger partial charge on any atom is -0.490 e. The van der Waals surface area contributed by atoms with Gasteiger partial charge in [-0.3, -0.25) is 9.48 Å². The summed E-state index contributed by atoms with van der Waals surface area (Å²) in [5.74, 6) is 0.701. The van der Waals surface area contributed by atoms with Crippen molar-refractivity contribution in [2.45, 2.75) is 39.8 Å². The molecule has 1 N–H and O–H groups in total. The lowest BCUT2D eigenvalue weighted by Gasteiger charge is -2.17. The third-order valence-corrected chi connectivity index (χ3v) is 3.61. The first-order chi connectivity index (χ1) is 12.0. The number of benzene rings is 1. The Hall–Kier alpha value is -2.28. The number of rotatable bonds is 9. The van der Waals surface area contributed by atoms with E-state index in [-0.39, 0.29) is 11.9 Å². The van der Waals surface area contributed by atoms with E-state index in [1.54, 1.807) is 23.1 Å². The van der Waals surface area contributed by atoms with Crippen LogP contribution < -0.4 is 14.8 Å². The Kier molecular flexibility index (Phi) is 7.06. The minimum absolute atomic E-state index is 0.125. The predicted octanol–water partition coefficient (Wildman–Crippen LogP) is 2.94. The molecular formula is C17H23ClN4O3. The fraction of sp³-hybridized carbons (Fsp3) is 0.471. The van der Waals surface area contributed by atoms with E-state index < -0.39 is 0 Å². The second-order valence-electron chi connectivity index (χ2n) is 5.56. The van der Waals surface area contributed by atoms with Gasteiger partial charge in [0.1, 0.15) is 12.7 Å². The molecule has 1 aromatic carbocycles. The SMILES string of the molecule is CCCOc1c(Cl)cc(C(=O)NC(C)Cn2cncn2)cc1OCC. The maximum atomic E-state index is 12.5. The smallest absolute Gasteiger partial charge is 0.251 e. The van der Waals surface area contributed by atoms with Crippen LogP contribution in [0.1, 0.15) is 37.6 Å².